The van der Waals surface area contributed by atoms with E-state index in [4.69, 9.17) is 38.3 Å². The average Bonchev–Trinajstić information content (AvgIpc) is 3.62. The van der Waals surface area contributed by atoms with Crippen molar-refractivity contribution in [1.82, 2.24) is 32.1 Å². The van der Waals surface area contributed by atoms with Crippen LogP contribution in [0.5, 0.6) is 5.75 Å². The van der Waals surface area contributed by atoms with Crippen LogP contribution >= 0.6 is 0 Å². The van der Waals surface area contributed by atoms with Crippen molar-refractivity contribution in [2.45, 2.75) is 110 Å². The molecule has 4 amide bonds. The number of nitrogens with zero attached hydrogens (tertiary/aromatic N) is 2. The van der Waals surface area contributed by atoms with E-state index in [1.165, 1.54) is 47.4 Å². The fraction of sp³-hybridized carbons (Fsp3) is 0.533. The molecule has 3 atom stereocenters. The number of nitrogens with one attached hydrogen (secondary N) is 6. The van der Waals surface area contributed by atoms with E-state index in [0.717, 1.165) is 6.42 Å². The number of anilines is 1. The van der Waals surface area contributed by atoms with E-state index in [0.29, 0.717) is 69.5 Å². The maximum absolute atomic E-state index is 13.5. The second kappa shape index (κ2) is 31.2. The number of ether oxygens (including phenoxy) is 4. The summed E-state index contributed by atoms with van der Waals surface area (Å²) in [7, 11) is 0. The minimum absolute atomic E-state index is 0.0636. The predicted molar refractivity (Wildman–Crippen MR) is 245 cm³/mol. The molecule has 1 aliphatic rings. The summed E-state index contributed by atoms with van der Waals surface area (Å²) in [5.41, 5.74) is 11.7. The van der Waals surface area contributed by atoms with E-state index in [2.05, 4.69) is 39.1 Å². The topological polar surface area (TPSA) is 278 Å². The van der Waals surface area contributed by atoms with Crippen LogP contribution in [0.3, 0.4) is 0 Å². The van der Waals surface area contributed by atoms with Gasteiger partial charge in [-0.15, -0.1) is 0 Å². The fourth-order valence-corrected chi connectivity index (χ4v) is 5.77. The van der Waals surface area contributed by atoms with Crippen LogP contribution in [0.1, 0.15) is 85.1 Å². The molecule has 23 heteroatoms. The first-order valence-corrected chi connectivity index (χ1v) is 22.2. The standard InChI is InChI=1S/C45H66N8O15/c1-7-26-61-43(57)46-24-10-9-13-37(42(56)48-34-16-14-33(15-17-34)29-62-44(58)66-36-20-18-35(19-21-36)53(59)60)49-65-31-47-67-39(30-63-45(4,5)6)51-68-38(28-32(2)3)50-64-27-12-8-11-25-52-40(54)22-23-41(52)55/h7,14-23,32,37-39,47,49-51H,1,8-13,24-31H2,2-6H3,(H,46,57)(H,48,56)/t37-,38-,39-/m0/s1. The van der Waals surface area contributed by atoms with Gasteiger partial charge in [-0.3, -0.25) is 48.7 Å². The highest BCUT2D eigenvalue weighted by Crippen LogP contribution is 2.19. The van der Waals surface area contributed by atoms with E-state index < -0.39 is 47.2 Å². The Labute approximate surface area is 395 Å². The van der Waals surface area contributed by atoms with Gasteiger partial charge >= 0.3 is 12.2 Å². The molecule has 0 radical (unpaired) electrons. The lowest BCUT2D eigenvalue weighted by molar-refractivity contribution is -0.384. The third-order valence-corrected chi connectivity index (χ3v) is 9.19. The number of hydrogen-bond donors (Lipinski definition) is 6. The predicted octanol–water partition coefficient (Wildman–Crippen LogP) is 5.35. The van der Waals surface area contributed by atoms with Crippen molar-refractivity contribution in [3.63, 3.8) is 0 Å². The van der Waals surface area contributed by atoms with Crippen LogP contribution in [0, 0.1) is 16.0 Å². The van der Waals surface area contributed by atoms with Crippen molar-refractivity contribution < 1.29 is 67.2 Å². The molecule has 376 valence electrons. The minimum atomic E-state index is -1.01. The van der Waals surface area contributed by atoms with Crippen LogP contribution in [0.25, 0.3) is 0 Å². The molecule has 0 saturated heterocycles. The zero-order chi connectivity index (χ0) is 49.7. The van der Waals surface area contributed by atoms with Crippen LogP contribution in [-0.2, 0) is 54.6 Å². The van der Waals surface area contributed by atoms with Gasteiger partial charge in [0.25, 0.3) is 17.5 Å². The first-order valence-electron chi connectivity index (χ1n) is 22.2. The summed E-state index contributed by atoms with van der Waals surface area (Å²) in [5, 5.41) is 16.3. The first-order chi connectivity index (χ1) is 32.5. The number of imide groups is 1. The van der Waals surface area contributed by atoms with Gasteiger partial charge in [-0.05, 0) is 101 Å². The largest absolute Gasteiger partial charge is 0.514 e. The van der Waals surface area contributed by atoms with Crippen LogP contribution < -0.4 is 37.3 Å². The van der Waals surface area contributed by atoms with Crippen LogP contribution in [0.2, 0.25) is 0 Å². The molecule has 0 aliphatic carbocycles. The monoisotopic (exact) mass is 958 g/mol. The number of carbonyl (C=O) groups excluding carboxylic acids is 5. The highest BCUT2D eigenvalue weighted by atomic mass is 16.8. The summed E-state index contributed by atoms with van der Waals surface area (Å²) >= 11 is 0. The van der Waals surface area contributed by atoms with Gasteiger partial charge in [0, 0.05) is 43.1 Å². The van der Waals surface area contributed by atoms with E-state index in [9.17, 15) is 34.1 Å². The van der Waals surface area contributed by atoms with Gasteiger partial charge in [0.15, 0.2) is 12.5 Å². The Bertz CT molecular complexity index is 1890. The summed E-state index contributed by atoms with van der Waals surface area (Å²) < 4.78 is 21.1. The molecule has 0 bridgehead atoms. The molecule has 6 N–H and O–H groups in total. The molecule has 68 heavy (non-hydrogen) atoms. The highest BCUT2D eigenvalue weighted by molar-refractivity contribution is 6.12. The summed E-state index contributed by atoms with van der Waals surface area (Å²) in [6.07, 6.45) is 5.02. The Balaban J connectivity index is 1.49. The molecule has 2 aromatic carbocycles. The van der Waals surface area contributed by atoms with Gasteiger partial charge in [0.1, 0.15) is 31.7 Å². The van der Waals surface area contributed by atoms with Crippen molar-refractivity contribution in [3.05, 3.63) is 89.0 Å². The number of nitro benzene ring substituents is 1. The maximum atomic E-state index is 13.5. The molecule has 0 aromatic heterocycles. The number of alkyl carbamates (subject to hydrolysis) is 1. The number of nitro groups is 1. The summed E-state index contributed by atoms with van der Waals surface area (Å²) in [6.45, 7) is 14.1. The zero-order valence-electron chi connectivity index (χ0n) is 39.3. The van der Waals surface area contributed by atoms with Gasteiger partial charge < -0.3 is 29.6 Å². The molecule has 1 aliphatic heterocycles. The summed E-state index contributed by atoms with van der Waals surface area (Å²) in [6, 6.07) is 10.6. The van der Waals surface area contributed by atoms with Crippen molar-refractivity contribution in [1.29, 1.82) is 0 Å². The fourth-order valence-electron chi connectivity index (χ4n) is 5.77. The number of carbonyl (C=O) groups is 5. The Morgan fingerprint density at radius 3 is 2.24 bits per heavy atom. The molecule has 0 unspecified atom stereocenters. The number of amides is 4. The van der Waals surface area contributed by atoms with Crippen molar-refractivity contribution in [2.24, 2.45) is 5.92 Å². The van der Waals surface area contributed by atoms with Crippen LogP contribution in [-0.4, -0.2) is 104 Å². The smallest absolute Gasteiger partial charge is 0.445 e. The van der Waals surface area contributed by atoms with Crippen molar-refractivity contribution in [3.8, 4) is 5.75 Å². The Morgan fingerprint density at radius 2 is 1.57 bits per heavy atom. The second-order valence-corrected chi connectivity index (χ2v) is 16.6. The molecule has 1 heterocycles. The number of benzene rings is 2. The molecular formula is C45H66N8O15. The molecule has 0 spiro atoms. The minimum Gasteiger partial charge on any atom is -0.445 e. The SMILES string of the molecule is C=CCOC(=O)NCCCC[C@H](NOCNO[C@@H](COC(C)(C)C)NO[C@@H](CC(C)C)NOCCCCCN1C(=O)C=CC1=O)C(=O)Nc1ccc(COC(=O)Oc2ccc([N+](=O)[O-])cc2)cc1. The van der Waals surface area contributed by atoms with Crippen LogP contribution in [0.15, 0.2) is 73.3 Å². The first kappa shape index (κ1) is 56.4. The number of non-ortho nitro benzene ring substituents is 1. The third kappa shape index (κ3) is 24.2. The summed E-state index contributed by atoms with van der Waals surface area (Å²) in [5.74, 6) is -0.700. The van der Waals surface area contributed by atoms with Gasteiger partial charge in [0.2, 0.25) is 5.91 Å². The van der Waals surface area contributed by atoms with Gasteiger partial charge in [-0.1, -0.05) is 38.6 Å². The normalized spacial score (nSPS) is 13.8. The Hall–Kier alpha value is -5.89. The van der Waals surface area contributed by atoms with Crippen molar-refractivity contribution in [2.75, 3.05) is 45.0 Å². The molecular weight excluding hydrogens is 893 g/mol. The Kier molecular flexibility index (Phi) is 25.9. The van der Waals surface area contributed by atoms with E-state index in [-0.39, 0.29) is 55.7 Å². The van der Waals surface area contributed by atoms with E-state index in [1.54, 1.807) is 24.3 Å². The highest BCUT2D eigenvalue weighted by Gasteiger charge is 2.23. The molecule has 3 rings (SSSR count). The van der Waals surface area contributed by atoms with E-state index >= 15 is 0 Å². The summed E-state index contributed by atoms with van der Waals surface area (Å²) in [4.78, 5) is 95.5. The van der Waals surface area contributed by atoms with E-state index in [1.807, 2.05) is 34.6 Å². The second-order valence-electron chi connectivity index (χ2n) is 16.6. The van der Waals surface area contributed by atoms with Gasteiger partial charge in [-0.25, -0.2) is 9.59 Å². The maximum Gasteiger partial charge on any atom is 0.514 e. The number of rotatable bonds is 34. The van der Waals surface area contributed by atoms with Gasteiger partial charge in [-0.2, -0.15) is 21.9 Å². The molecule has 23 nitrogen and oxygen atoms in total. The third-order valence-electron chi connectivity index (χ3n) is 9.19. The van der Waals surface area contributed by atoms with Crippen molar-refractivity contribution >= 4 is 41.3 Å². The number of hydrogen-bond acceptors (Lipinski definition) is 19. The Morgan fingerprint density at radius 1 is 0.853 bits per heavy atom. The lowest BCUT2D eigenvalue weighted by atomic mass is 10.1. The number of unbranched alkanes of at least 4 members (excludes halogenated alkanes) is 3. The molecule has 0 fully saturated rings. The quantitative estimate of drug-likeness (QED) is 0.00754. The lowest BCUT2D eigenvalue weighted by Crippen LogP contribution is -2.47. The molecule has 0 saturated carbocycles. The average molecular weight is 959 g/mol. The van der Waals surface area contributed by atoms with Crippen LogP contribution in [0.4, 0.5) is 21.0 Å². The zero-order valence-corrected chi connectivity index (χ0v) is 39.3. The lowest BCUT2D eigenvalue weighted by Gasteiger charge is -2.27. The molecule has 2 aromatic rings. The van der Waals surface area contributed by atoms with Gasteiger partial charge in [0.05, 0.1) is 23.7 Å². The number of hydroxylamine groups is 4.